The van der Waals surface area contributed by atoms with Gasteiger partial charge in [-0.25, -0.2) is 0 Å². The fourth-order valence-electron chi connectivity index (χ4n) is 4.95. The van der Waals surface area contributed by atoms with Crippen molar-refractivity contribution in [2.75, 3.05) is 13.7 Å². The second-order valence-corrected chi connectivity index (χ2v) is 10.6. The molecule has 1 aliphatic heterocycles. The number of aliphatic carboxylic acids is 1. The van der Waals surface area contributed by atoms with E-state index in [1.807, 2.05) is 36.2 Å². The Kier molecular flexibility index (Phi) is 6.12. The summed E-state index contributed by atoms with van der Waals surface area (Å²) in [6, 6.07) is 14.5. The molecule has 2 N–H and O–H groups in total. The number of hydrazone groups is 1. The van der Waals surface area contributed by atoms with Crippen LogP contribution in [-0.2, 0) is 22.2 Å². The van der Waals surface area contributed by atoms with Crippen LogP contribution in [0.5, 0.6) is 5.75 Å². The summed E-state index contributed by atoms with van der Waals surface area (Å²) < 4.78 is 6.10. The first-order valence-corrected chi connectivity index (χ1v) is 11.7. The standard InChI is InChI=1S/C27H35N3O3/c1-26(2)12-13-27(3,4)23-14-18(6-11-22(23)26)16-33-20-9-7-19(8-10-20)21(15-24(31)32)25-29-28-17-30(25)5/h6-11,14,21,28H,12-13,15-17H2,1-5H3,(H,31,32)/t21-/m1/s1. The highest BCUT2D eigenvalue weighted by Gasteiger charge is 2.37. The van der Waals surface area contributed by atoms with E-state index < -0.39 is 5.97 Å². The average molecular weight is 450 g/mol. The van der Waals surface area contributed by atoms with Gasteiger partial charge < -0.3 is 14.7 Å². The monoisotopic (exact) mass is 449 g/mol. The lowest BCUT2D eigenvalue weighted by molar-refractivity contribution is -0.137. The summed E-state index contributed by atoms with van der Waals surface area (Å²) in [5.74, 6) is 0.361. The maximum absolute atomic E-state index is 11.4. The fourth-order valence-corrected chi connectivity index (χ4v) is 4.95. The first kappa shape index (κ1) is 23.1. The van der Waals surface area contributed by atoms with E-state index in [1.54, 1.807) is 0 Å². The third kappa shape index (κ3) is 4.85. The SMILES string of the molecule is CN1CNN=C1[C@H](CC(=O)O)c1ccc(OCc2ccc3c(c2)C(C)(C)CCC3(C)C)cc1. The van der Waals surface area contributed by atoms with Crippen molar-refractivity contribution in [1.29, 1.82) is 0 Å². The first-order chi connectivity index (χ1) is 15.6. The third-order valence-corrected chi connectivity index (χ3v) is 7.19. The first-order valence-electron chi connectivity index (χ1n) is 11.7. The topological polar surface area (TPSA) is 74.2 Å². The van der Waals surface area contributed by atoms with Crippen LogP contribution in [0.25, 0.3) is 0 Å². The maximum atomic E-state index is 11.4. The van der Waals surface area contributed by atoms with Crippen molar-refractivity contribution in [3.63, 3.8) is 0 Å². The second kappa shape index (κ2) is 8.73. The predicted molar refractivity (Wildman–Crippen MR) is 131 cm³/mol. The highest BCUT2D eigenvalue weighted by atomic mass is 16.5. The van der Waals surface area contributed by atoms with Crippen LogP contribution in [0.2, 0.25) is 0 Å². The van der Waals surface area contributed by atoms with E-state index >= 15 is 0 Å². The van der Waals surface area contributed by atoms with E-state index in [2.05, 4.69) is 56.4 Å². The van der Waals surface area contributed by atoms with Crippen LogP contribution in [0.15, 0.2) is 47.6 Å². The lowest BCUT2D eigenvalue weighted by Gasteiger charge is -2.42. The van der Waals surface area contributed by atoms with Crippen molar-refractivity contribution >= 4 is 11.8 Å². The zero-order valence-electron chi connectivity index (χ0n) is 20.3. The van der Waals surface area contributed by atoms with Crippen LogP contribution in [0.4, 0.5) is 0 Å². The van der Waals surface area contributed by atoms with Crippen LogP contribution in [0.1, 0.15) is 75.1 Å². The van der Waals surface area contributed by atoms with Crippen LogP contribution in [0.3, 0.4) is 0 Å². The minimum Gasteiger partial charge on any atom is -0.489 e. The van der Waals surface area contributed by atoms with E-state index in [1.165, 1.54) is 29.5 Å². The predicted octanol–water partition coefficient (Wildman–Crippen LogP) is 4.98. The molecule has 4 rings (SSSR count). The maximum Gasteiger partial charge on any atom is 0.304 e. The van der Waals surface area contributed by atoms with Gasteiger partial charge >= 0.3 is 5.97 Å². The number of hydrogen-bond acceptors (Lipinski definition) is 5. The fraction of sp³-hybridized carbons (Fsp3) is 0.481. The van der Waals surface area contributed by atoms with Crippen molar-refractivity contribution in [1.82, 2.24) is 10.3 Å². The van der Waals surface area contributed by atoms with Gasteiger partial charge in [-0.2, -0.15) is 5.10 Å². The number of nitrogens with zero attached hydrogens (tertiary/aromatic N) is 2. The normalized spacial score (nSPS) is 19.3. The summed E-state index contributed by atoms with van der Waals surface area (Å²) in [6.45, 7) is 10.4. The Morgan fingerprint density at radius 3 is 2.36 bits per heavy atom. The van der Waals surface area contributed by atoms with Gasteiger partial charge in [0.05, 0.1) is 12.3 Å². The molecule has 0 bridgehead atoms. The Morgan fingerprint density at radius 2 is 1.76 bits per heavy atom. The Hall–Kier alpha value is -3.02. The molecule has 6 nitrogen and oxygen atoms in total. The number of hydrogen-bond donors (Lipinski definition) is 2. The molecule has 1 heterocycles. The lowest BCUT2D eigenvalue weighted by atomic mass is 9.63. The smallest absolute Gasteiger partial charge is 0.304 e. The number of carboxylic acid groups (broad SMARTS) is 1. The number of fused-ring (bicyclic) bond motifs is 1. The van der Waals surface area contributed by atoms with Crippen molar-refractivity contribution in [2.24, 2.45) is 5.10 Å². The highest BCUT2D eigenvalue weighted by Crippen LogP contribution is 2.46. The molecule has 0 aromatic heterocycles. The van der Waals surface area contributed by atoms with Crippen LogP contribution >= 0.6 is 0 Å². The minimum absolute atomic E-state index is 0.00762. The lowest BCUT2D eigenvalue weighted by Crippen LogP contribution is -2.33. The summed E-state index contributed by atoms with van der Waals surface area (Å²) >= 11 is 0. The summed E-state index contributed by atoms with van der Waals surface area (Å²) in [5, 5.41) is 13.7. The Bertz CT molecular complexity index is 1060. The number of ether oxygens (including phenoxy) is 1. The molecule has 6 heteroatoms. The van der Waals surface area contributed by atoms with Gasteiger partial charge in [-0.05, 0) is 58.1 Å². The number of carboxylic acids is 1. The van der Waals surface area contributed by atoms with E-state index in [0.29, 0.717) is 13.3 Å². The van der Waals surface area contributed by atoms with Crippen molar-refractivity contribution in [3.05, 3.63) is 64.7 Å². The molecule has 0 spiro atoms. The van der Waals surface area contributed by atoms with Crippen molar-refractivity contribution < 1.29 is 14.6 Å². The van der Waals surface area contributed by atoms with Gasteiger partial charge in [0.15, 0.2) is 0 Å². The minimum atomic E-state index is -0.846. The quantitative estimate of drug-likeness (QED) is 0.624. The van der Waals surface area contributed by atoms with E-state index in [4.69, 9.17) is 4.74 Å². The zero-order valence-corrected chi connectivity index (χ0v) is 20.3. The third-order valence-electron chi connectivity index (χ3n) is 7.19. The number of benzene rings is 2. The summed E-state index contributed by atoms with van der Waals surface area (Å²) in [5.41, 5.74) is 8.27. The van der Waals surface area contributed by atoms with Gasteiger partial charge in [0.2, 0.25) is 0 Å². The van der Waals surface area contributed by atoms with E-state index in [9.17, 15) is 9.90 Å². The molecule has 33 heavy (non-hydrogen) atoms. The van der Waals surface area contributed by atoms with Crippen LogP contribution < -0.4 is 10.2 Å². The van der Waals surface area contributed by atoms with Gasteiger partial charge in [0.1, 0.15) is 24.9 Å². The Morgan fingerprint density at radius 1 is 1.09 bits per heavy atom. The molecule has 2 aliphatic rings. The molecule has 0 unspecified atom stereocenters. The van der Waals surface area contributed by atoms with Crippen LogP contribution in [-0.4, -0.2) is 35.5 Å². The van der Waals surface area contributed by atoms with Gasteiger partial charge in [0.25, 0.3) is 0 Å². The molecular formula is C27H35N3O3. The molecular weight excluding hydrogens is 414 g/mol. The largest absolute Gasteiger partial charge is 0.489 e. The number of carbonyl (C=O) groups is 1. The summed E-state index contributed by atoms with van der Waals surface area (Å²) in [4.78, 5) is 13.4. The Labute approximate surface area is 196 Å². The number of likely N-dealkylation sites (N-methyl/N-ethyl adjacent to an activating group) is 1. The van der Waals surface area contributed by atoms with Gasteiger partial charge in [-0.15, -0.1) is 0 Å². The number of nitrogens with one attached hydrogen (secondary N) is 1. The zero-order chi connectivity index (χ0) is 23.8. The molecule has 176 valence electrons. The van der Waals surface area contributed by atoms with Crippen LogP contribution in [0, 0.1) is 0 Å². The molecule has 1 atom stereocenters. The van der Waals surface area contributed by atoms with Gasteiger partial charge in [-0.3, -0.25) is 10.2 Å². The van der Waals surface area contributed by atoms with Gasteiger partial charge in [0, 0.05) is 7.05 Å². The summed E-state index contributed by atoms with van der Waals surface area (Å²) in [7, 11) is 1.91. The molecule has 0 radical (unpaired) electrons. The number of amidine groups is 1. The molecule has 1 aliphatic carbocycles. The molecule has 2 aromatic rings. The van der Waals surface area contributed by atoms with E-state index in [-0.39, 0.29) is 23.2 Å². The number of rotatable bonds is 7. The molecule has 0 fully saturated rings. The molecule has 0 saturated heterocycles. The molecule has 0 amide bonds. The molecule has 2 aromatic carbocycles. The van der Waals surface area contributed by atoms with Crippen molar-refractivity contribution in [2.45, 2.75) is 70.3 Å². The van der Waals surface area contributed by atoms with E-state index in [0.717, 1.165) is 17.1 Å². The molecule has 0 saturated carbocycles. The van der Waals surface area contributed by atoms with Gasteiger partial charge in [-0.1, -0.05) is 58.0 Å². The Balaban J connectivity index is 1.48. The summed E-state index contributed by atoms with van der Waals surface area (Å²) in [6.07, 6.45) is 2.38. The highest BCUT2D eigenvalue weighted by molar-refractivity contribution is 5.92. The van der Waals surface area contributed by atoms with Crippen molar-refractivity contribution in [3.8, 4) is 5.75 Å². The second-order valence-electron chi connectivity index (χ2n) is 10.6. The average Bonchev–Trinajstić information content (AvgIpc) is 3.20.